The van der Waals surface area contributed by atoms with Crippen molar-refractivity contribution in [2.45, 2.75) is 25.5 Å². The van der Waals surface area contributed by atoms with E-state index in [9.17, 15) is 0 Å². The lowest BCUT2D eigenvalue weighted by atomic mass is 10.1. The summed E-state index contributed by atoms with van der Waals surface area (Å²) in [5.41, 5.74) is 8.21. The molecule has 2 N–H and O–H groups in total. The highest BCUT2D eigenvalue weighted by Crippen LogP contribution is 2.32. The Hall–Kier alpha value is -1.14. The number of hydrogen-bond acceptors (Lipinski definition) is 4. The van der Waals surface area contributed by atoms with Crippen molar-refractivity contribution in [3.63, 3.8) is 0 Å². The minimum absolute atomic E-state index is 0.0157. The van der Waals surface area contributed by atoms with Gasteiger partial charge in [-0.15, -0.1) is 5.10 Å². The zero-order chi connectivity index (χ0) is 14.1. The monoisotopic (exact) mass is 312 g/mol. The van der Waals surface area contributed by atoms with Crippen molar-refractivity contribution in [2.24, 2.45) is 5.73 Å². The molecule has 0 aliphatic carbocycles. The quantitative estimate of drug-likeness (QED) is 0.946. The highest BCUT2D eigenvalue weighted by Gasteiger charge is 2.26. The Morgan fingerprint density at radius 2 is 2.20 bits per heavy atom. The third kappa shape index (κ3) is 2.42. The predicted molar refractivity (Wildman–Crippen MR) is 77.2 cm³/mol. The van der Waals surface area contributed by atoms with Crippen LogP contribution in [-0.2, 0) is 11.3 Å². The molecule has 3 rings (SSSR count). The minimum atomic E-state index is -0.0157. The lowest BCUT2D eigenvalue weighted by Crippen LogP contribution is -2.10. The van der Waals surface area contributed by atoms with E-state index in [1.165, 1.54) is 0 Å². The number of hydrogen-bond donors (Lipinski definition) is 1. The number of aromatic nitrogens is 3. The van der Waals surface area contributed by atoms with Crippen LogP contribution in [0.2, 0.25) is 10.0 Å². The van der Waals surface area contributed by atoms with Gasteiger partial charge in [0.2, 0.25) is 0 Å². The summed E-state index contributed by atoms with van der Waals surface area (Å²) in [5, 5.41) is 9.30. The largest absolute Gasteiger partial charge is 0.372 e. The number of nitrogens with two attached hydrogens (primary N) is 1. The molecule has 1 saturated heterocycles. The van der Waals surface area contributed by atoms with E-state index in [0.29, 0.717) is 16.6 Å². The van der Waals surface area contributed by atoms with Crippen LogP contribution >= 0.6 is 23.2 Å². The Morgan fingerprint density at radius 3 is 2.85 bits per heavy atom. The van der Waals surface area contributed by atoms with Gasteiger partial charge in [0.15, 0.2) is 0 Å². The van der Waals surface area contributed by atoms with Crippen LogP contribution < -0.4 is 5.73 Å². The fourth-order valence-corrected chi connectivity index (χ4v) is 2.68. The summed E-state index contributed by atoms with van der Waals surface area (Å²) in [4.78, 5) is 0. The molecule has 0 amide bonds. The van der Waals surface area contributed by atoms with E-state index in [0.717, 1.165) is 36.5 Å². The first-order valence-electron chi connectivity index (χ1n) is 6.42. The van der Waals surface area contributed by atoms with Crippen LogP contribution in [0.3, 0.4) is 0 Å². The summed E-state index contributed by atoms with van der Waals surface area (Å²) in [6, 6.07) is 5.35. The highest BCUT2D eigenvalue weighted by molar-refractivity contribution is 6.42. The molecule has 0 spiro atoms. The second kappa shape index (κ2) is 5.69. The van der Waals surface area contributed by atoms with Gasteiger partial charge in [-0.1, -0.05) is 28.4 Å². The smallest absolute Gasteiger partial charge is 0.103 e. The van der Waals surface area contributed by atoms with Crippen molar-refractivity contribution in [3.8, 4) is 5.69 Å². The molecule has 20 heavy (non-hydrogen) atoms. The maximum Gasteiger partial charge on any atom is 0.103 e. The van der Waals surface area contributed by atoms with Crippen molar-refractivity contribution >= 4 is 23.2 Å². The van der Waals surface area contributed by atoms with E-state index in [2.05, 4.69) is 10.3 Å². The van der Waals surface area contributed by atoms with E-state index in [-0.39, 0.29) is 6.10 Å². The summed E-state index contributed by atoms with van der Waals surface area (Å²) >= 11 is 12.0. The molecule has 0 bridgehead atoms. The van der Waals surface area contributed by atoms with Gasteiger partial charge in [0.25, 0.3) is 0 Å². The third-order valence-electron chi connectivity index (χ3n) is 3.35. The van der Waals surface area contributed by atoms with Crippen molar-refractivity contribution < 1.29 is 4.74 Å². The van der Waals surface area contributed by atoms with Gasteiger partial charge in [0, 0.05) is 13.2 Å². The first kappa shape index (κ1) is 13.8. The molecule has 1 aliphatic heterocycles. The first-order valence-corrected chi connectivity index (χ1v) is 7.18. The van der Waals surface area contributed by atoms with Crippen LogP contribution in [0.5, 0.6) is 0 Å². The molecule has 1 unspecified atom stereocenters. The molecule has 0 saturated carbocycles. The maximum atomic E-state index is 6.07. The third-order valence-corrected chi connectivity index (χ3v) is 4.09. The second-order valence-corrected chi connectivity index (χ2v) is 5.45. The normalized spacial score (nSPS) is 18.6. The van der Waals surface area contributed by atoms with Gasteiger partial charge >= 0.3 is 0 Å². The number of benzene rings is 1. The molecule has 2 aromatic rings. The van der Waals surface area contributed by atoms with Crippen LogP contribution in [-0.4, -0.2) is 21.6 Å². The van der Waals surface area contributed by atoms with E-state index in [4.69, 9.17) is 33.7 Å². The molecule has 7 heteroatoms. The van der Waals surface area contributed by atoms with E-state index in [1.807, 2.05) is 6.07 Å². The first-order chi connectivity index (χ1) is 9.70. The maximum absolute atomic E-state index is 6.07. The number of halogens is 2. The molecule has 1 fully saturated rings. The van der Waals surface area contributed by atoms with Crippen molar-refractivity contribution in [2.75, 3.05) is 6.61 Å². The Balaban J connectivity index is 2.08. The summed E-state index contributed by atoms with van der Waals surface area (Å²) in [7, 11) is 0. The molecule has 1 atom stereocenters. The lowest BCUT2D eigenvalue weighted by Gasteiger charge is -2.13. The number of nitrogens with zero attached hydrogens (tertiary/aromatic N) is 3. The minimum Gasteiger partial charge on any atom is -0.372 e. The van der Waals surface area contributed by atoms with Crippen molar-refractivity contribution in [1.29, 1.82) is 0 Å². The van der Waals surface area contributed by atoms with Crippen LogP contribution in [0.25, 0.3) is 5.69 Å². The molecule has 1 aromatic heterocycles. The molecular formula is C13H14Cl2N4O. The van der Waals surface area contributed by atoms with Crippen molar-refractivity contribution in [3.05, 3.63) is 39.6 Å². The summed E-state index contributed by atoms with van der Waals surface area (Å²) < 4.78 is 7.48. The van der Waals surface area contributed by atoms with Crippen LogP contribution in [0.1, 0.15) is 30.3 Å². The average molecular weight is 313 g/mol. The van der Waals surface area contributed by atoms with Gasteiger partial charge in [-0.3, -0.25) is 0 Å². The molecule has 5 nitrogen and oxygen atoms in total. The van der Waals surface area contributed by atoms with E-state index < -0.39 is 0 Å². The van der Waals surface area contributed by atoms with Crippen LogP contribution in [0.4, 0.5) is 0 Å². The Labute approximate surface area is 126 Å². The van der Waals surface area contributed by atoms with Gasteiger partial charge in [-0.05, 0) is 31.0 Å². The molecule has 106 valence electrons. The Bertz CT molecular complexity index is 623. The molecular weight excluding hydrogens is 299 g/mol. The van der Waals surface area contributed by atoms with Gasteiger partial charge < -0.3 is 10.5 Å². The van der Waals surface area contributed by atoms with Crippen LogP contribution in [0, 0.1) is 0 Å². The average Bonchev–Trinajstić information content (AvgIpc) is 3.09. The molecule has 1 aliphatic rings. The highest BCUT2D eigenvalue weighted by atomic mass is 35.5. The zero-order valence-electron chi connectivity index (χ0n) is 10.7. The lowest BCUT2D eigenvalue weighted by molar-refractivity contribution is 0.106. The fourth-order valence-electron chi connectivity index (χ4n) is 2.39. The molecule has 2 heterocycles. The summed E-state index contributed by atoms with van der Waals surface area (Å²) in [6.07, 6.45) is 1.96. The number of rotatable bonds is 3. The SMILES string of the molecule is NCc1nnn(-c2ccc(Cl)c(Cl)c2)c1C1CCCO1. The Kier molecular flexibility index (Phi) is 3.94. The van der Waals surface area contributed by atoms with Gasteiger partial charge in [0.1, 0.15) is 11.8 Å². The predicted octanol–water partition coefficient (Wildman–Crippen LogP) is 2.88. The number of ether oxygens (including phenoxy) is 1. The summed E-state index contributed by atoms with van der Waals surface area (Å²) in [6.45, 7) is 1.08. The zero-order valence-corrected chi connectivity index (χ0v) is 12.2. The second-order valence-electron chi connectivity index (χ2n) is 4.64. The van der Waals surface area contributed by atoms with E-state index >= 15 is 0 Å². The van der Waals surface area contributed by atoms with Gasteiger partial charge in [0.05, 0.1) is 21.4 Å². The Morgan fingerprint density at radius 1 is 1.35 bits per heavy atom. The van der Waals surface area contributed by atoms with Gasteiger partial charge in [-0.25, -0.2) is 4.68 Å². The standard InChI is InChI=1S/C13H14Cl2N4O/c14-9-4-3-8(6-10(9)15)19-13(11(7-16)17-18-19)12-2-1-5-20-12/h3-4,6,12H,1-2,5,7,16H2. The van der Waals surface area contributed by atoms with Crippen molar-refractivity contribution in [1.82, 2.24) is 15.0 Å². The fraction of sp³-hybridized carbons (Fsp3) is 0.385. The molecule has 0 radical (unpaired) electrons. The summed E-state index contributed by atoms with van der Waals surface area (Å²) in [5.74, 6) is 0. The van der Waals surface area contributed by atoms with E-state index in [1.54, 1.807) is 16.8 Å². The molecule has 1 aromatic carbocycles. The topological polar surface area (TPSA) is 66.0 Å². The van der Waals surface area contributed by atoms with Gasteiger partial charge in [-0.2, -0.15) is 0 Å². The van der Waals surface area contributed by atoms with Crippen LogP contribution in [0.15, 0.2) is 18.2 Å².